The van der Waals surface area contributed by atoms with Gasteiger partial charge in [-0.15, -0.1) is 0 Å². The van der Waals surface area contributed by atoms with Crippen molar-refractivity contribution in [3.63, 3.8) is 0 Å². The van der Waals surface area contributed by atoms with Gasteiger partial charge in [0.25, 0.3) is 0 Å². The third-order valence-electron chi connectivity index (χ3n) is 4.82. The molecule has 2 aromatic rings. The number of amides is 2. The molecule has 1 N–H and O–H groups in total. The monoisotopic (exact) mass is 479 g/mol. The van der Waals surface area contributed by atoms with Crippen LogP contribution in [0.4, 0.5) is 5.69 Å². The van der Waals surface area contributed by atoms with Gasteiger partial charge in [-0.05, 0) is 36.6 Å². The Kier molecular flexibility index (Phi) is 9.09. The zero-order valence-corrected chi connectivity index (χ0v) is 20.4. The first-order valence-corrected chi connectivity index (χ1v) is 12.6. The minimum Gasteiger partial charge on any atom is -0.354 e. The molecule has 0 spiro atoms. The van der Waals surface area contributed by atoms with Gasteiger partial charge in [0.2, 0.25) is 21.8 Å². The third-order valence-corrected chi connectivity index (χ3v) is 6.20. The fraction of sp³-hybridized carbons (Fsp3) is 0.391. The van der Waals surface area contributed by atoms with Crippen LogP contribution in [-0.4, -0.2) is 50.5 Å². The number of anilines is 1. The normalized spacial score (nSPS) is 12.3. The first-order chi connectivity index (χ1) is 15.0. The maximum atomic E-state index is 13.4. The molecule has 2 amide bonds. The molecule has 2 rings (SSSR count). The average Bonchev–Trinajstić information content (AvgIpc) is 2.73. The number of carbonyl (C=O) groups is 2. The van der Waals surface area contributed by atoms with Crippen LogP contribution in [0.15, 0.2) is 54.6 Å². The molecular formula is C23H30ClN3O4S. The molecule has 32 heavy (non-hydrogen) atoms. The van der Waals surface area contributed by atoms with E-state index in [-0.39, 0.29) is 24.1 Å². The van der Waals surface area contributed by atoms with Crippen LogP contribution in [0.5, 0.6) is 0 Å². The highest BCUT2D eigenvalue weighted by Crippen LogP contribution is 2.22. The Morgan fingerprint density at radius 1 is 1.03 bits per heavy atom. The third kappa shape index (κ3) is 7.53. The molecule has 1 atom stereocenters. The summed E-state index contributed by atoms with van der Waals surface area (Å²) in [5.74, 6) is -0.531. The van der Waals surface area contributed by atoms with Crippen molar-refractivity contribution in [2.75, 3.05) is 23.7 Å². The van der Waals surface area contributed by atoms with Crippen LogP contribution in [0.2, 0.25) is 5.02 Å². The van der Waals surface area contributed by atoms with Crippen molar-refractivity contribution in [1.82, 2.24) is 10.2 Å². The Morgan fingerprint density at radius 3 is 2.25 bits per heavy atom. The smallest absolute Gasteiger partial charge is 0.244 e. The number of sulfonamides is 1. The van der Waals surface area contributed by atoms with E-state index in [4.69, 9.17) is 11.6 Å². The van der Waals surface area contributed by atoms with Crippen molar-refractivity contribution in [3.8, 4) is 0 Å². The Bertz CT molecular complexity index is 1030. The molecule has 7 nitrogen and oxygen atoms in total. The lowest BCUT2D eigenvalue weighted by molar-refractivity contribution is -0.139. The second-order valence-corrected chi connectivity index (χ2v) is 10.4. The van der Waals surface area contributed by atoms with Crippen molar-refractivity contribution < 1.29 is 18.0 Å². The van der Waals surface area contributed by atoms with E-state index in [1.54, 1.807) is 25.1 Å². The summed E-state index contributed by atoms with van der Waals surface area (Å²) < 4.78 is 25.9. The van der Waals surface area contributed by atoms with Crippen LogP contribution in [0.1, 0.15) is 26.3 Å². The fourth-order valence-corrected chi connectivity index (χ4v) is 4.09. The lowest BCUT2D eigenvalue weighted by atomic mass is 10.1. The summed E-state index contributed by atoms with van der Waals surface area (Å²) in [5, 5.41) is 3.20. The maximum Gasteiger partial charge on any atom is 0.244 e. The largest absolute Gasteiger partial charge is 0.354 e. The Labute approximate surface area is 195 Å². The van der Waals surface area contributed by atoms with Crippen molar-refractivity contribution in [1.29, 1.82) is 0 Å². The van der Waals surface area contributed by atoms with Gasteiger partial charge >= 0.3 is 0 Å². The number of halogens is 1. The second-order valence-electron chi connectivity index (χ2n) is 8.07. The molecule has 1 unspecified atom stereocenters. The zero-order valence-electron chi connectivity index (χ0n) is 18.8. The molecule has 0 heterocycles. The molecule has 0 aliphatic heterocycles. The molecule has 9 heteroatoms. The summed E-state index contributed by atoms with van der Waals surface area (Å²) in [4.78, 5) is 27.5. The predicted octanol–water partition coefficient (Wildman–Crippen LogP) is 3.30. The number of hydrogen-bond acceptors (Lipinski definition) is 4. The van der Waals surface area contributed by atoms with Crippen LogP contribution < -0.4 is 9.62 Å². The number of carbonyl (C=O) groups excluding carboxylic acids is 2. The van der Waals surface area contributed by atoms with Gasteiger partial charge in [0.1, 0.15) is 12.6 Å². The number of benzene rings is 2. The van der Waals surface area contributed by atoms with Crippen molar-refractivity contribution >= 4 is 39.1 Å². The Morgan fingerprint density at radius 2 is 1.69 bits per heavy atom. The van der Waals surface area contributed by atoms with Crippen LogP contribution >= 0.6 is 11.6 Å². The van der Waals surface area contributed by atoms with Crippen LogP contribution in [0, 0.1) is 5.92 Å². The van der Waals surface area contributed by atoms with Gasteiger partial charge in [-0.2, -0.15) is 0 Å². The van der Waals surface area contributed by atoms with Gasteiger partial charge in [-0.3, -0.25) is 13.9 Å². The number of hydrogen-bond donors (Lipinski definition) is 1. The lowest BCUT2D eigenvalue weighted by Crippen LogP contribution is -2.51. The Balaban J connectivity index is 2.33. The molecule has 0 aliphatic rings. The number of rotatable bonds is 10. The summed E-state index contributed by atoms with van der Waals surface area (Å²) in [5.41, 5.74) is 1.11. The van der Waals surface area contributed by atoms with E-state index in [0.29, 0.717) is 11.6 Å². The van der Waals surface area contributed by atoms with E-state index < -0.39 is 28.5 Å². The minimum absolute atomic E-state index is 0.170. The minimum atomic E-state index is -3.78. The molecule has 2 aromatic carbocycles. The first-order valence-electron chi connectivity index (χ1n) is 10.3. The molecule has 0 fully saturated rings. The van der Waals surface area contributed by atoms with Gasteiger partial charge in [0.15, 0.2) is 0 Å². The van der Waals surface area contributed by atoms with Crippen molar-refractivity contribution in [2.45, 2.75) is 33.4 Å². The van der Waals surface area contributed by atoms with E-state index in [9.17, 15) is 18.0 Å². The molecular weight excluding hydrogens is 450 g/mol. The van der Waals surface area contributed by atoms with E-state index in [1.807, 2.05) is 44.2 Å². The summed E-state index contributed by atoms with van der Waals surface area (Å²) in [6.45, 7) is 5.80. The van der Waals surface area contributed by atoms with Gasteiger partial charge in [0, 0.05) is 18.1 Å². The molecule has 0 aliphatic carbocycles. The molecule has 0 radical (unpaired) electrons. The molecule has 0 bridgehead atoms. The highest BCUT2D eigenvalue weighted by Gasteiger charge is 2.30. The van der Waals surface area contributed by atoms with Crippen LogP contribution in [0.3, 0.4) is 0 Å². The van der Waals surface area contributed by atoms with Crippen LogP contribution in [0.25, 0.3) is 0 Å². The highest BCUT2D eigenvalue weighted by molar-refractivity contribution is 7.92. The summed E-state index contributed by atoms with van der Waals surface area (Å²) in [6.07, 6.45) is 1.03. The van der Waals surface area contributed by atoms with E-state index in [2.05, 4.69) is 5.32 Å². The second kappa shape index (κ2) is 11.3. The quantitative estimate of drug-likeness (QED) is 0.566. The van der Waals surface area contributed by atoms with Gasteiger partial charge in [-0.1, -0.05) is 61.8 Å². The standard InChI is InChI=1S/C23H30ClN3O4S/c1-17(2)14-25-23(29)18(3)26(15-19-9-6-5-7-10-19)22(28)16-27(32(4,30)31)21-12-8-11-20(24)13-21/h5-13,17-18H,14-16H2,1-4H3,(H,25,29). The average molecular weight is 480 g/mol. The maximum absolute atomic E-state index is 13.4. The van der Waals surface area contributed by atoms with Crippen molar-refractivity contribution in [3.05, 3.63) is 65.2 Å². The first kappa shape index (κ1) is 25.7. The zero-order chi connectivity index (χ0) is 23.9. The summed E-state index contributed by atoms with van der Waals surface area (Å²) in [6, 6.07) is 14.7. The van der Waals surface area contributed by atoms with E-state index in [1.165, 1.54) is 11.0 Å². The fourth-order valence-electron chi connectivity index (χ4n) is 3.06. The van der Waals surface area contributed by atoms with Gasteiger partial charge < -0.3 is 10.2 Å². The van der Waals surface area contributed by atoms with E-state index in [0.717, 1.165) is 16.1 Å². The summed E-state index contributed by atoms with van der Waals surface area (Å²) in [7, 11) is -3.78. The van der Waals surface area contributed by atoms with Gasteiger partial charge in [0.05, 0.1) is 11.9 Å². The van der Waals surface area contributed by atoms with Gasteiger partial charge in [-0.25, -0.2) is 8.42 Å². The predicted molar refractivity (Wildman–Crippen MR) is 128 cm³/mol. The Hall–Kier alpha value is -2.58. The highest BCUT2D eigenvalue weighted by atomic mass is 35.5. The molecule has 0 saturated heterocycles. The SMILES string of the molecule is CC(C)CNC(=O)C(C)N(Cc1ccccc1)C(=O)CN(c1cccc(Cl)c1)S(C)(=O)=O. The topological polar surface area (TPSA) is 86.8 Å². The molecule has 0 saturated carbocycles. The van der Waals surface area contributed by atoms with E-state index >= 15 is 0 Å². The van der Waals surface area contributed by atoms with Crippen molar-refractivity contribution in [2.24, 2.45) is 5.92 Å². The summed E-state index contributed by atoms with van der Waals surface area (Å²) >= 11 is 6.03. The molecule has 0 aromatic heterocycles. The lowest BCUT2D eigenvalue weighted by Gasteiger charge is -2.31. The molecule has 174 valence electrons. The number of nitrogens with one attached hydrogen (secondary N) is 1. The van der Waals surface area contributed by atoms with Crippen LogP contribution in [-0.2, 0) is 26.2 Å². The number of nitrogens with zero attached hydrogens (tertiary/aromatic N) is 2.